The third-order valence-electron chi connectivity index (χ3n) is 3.67. The highest BCUT2D eigenvalue weighted by molar-refractivity contribution is 5.42. The van der Waals surface area contributed by atoms with E-state index < -0.39 is 0 Å². The number of hydrogen-bond donors (Lipinski definition) is 3. The van der Waals surface area contributed by atoms with Gasteiger partial charge in [-0.3, -0.25) is 0 Å². The second-order valence-electron chi connectivity index (χ2n) is 5.26. The minimum atomic E-state index is 0.158. The van der Waals surface area contributed by atoms with Gasteiger partial charge < -0.3 is 25.0 Å². The molecule has 5 heteroatoms. The van der Waals surface area contributed by atoms with Gasteiger partial charge in [0.05, 0.1) is 14.2 Å². The van der Waals surface area contributed by atoms with Crippen LogP contribution >= 0.6 is 0 Å². The van der Waals surface area contributed by atoms with Crippen LogP contribution in [-0.2, 0) is 12.8 Å². The Labute approximate surface area is 136 Å². The molecular formula is C18H23NO4. The van der Waals surface area contributed by atoms with E-state index in [0.29, 0.717) is 11.5 Å². The third-order valence-corrected chi connectivity index (χ3v) is 3.67. The molecule has 0 bridgehead atoms. The zero-order valence-corrected chi connectivity index (χ0v) is 13.5. The van der Waals surface area contributed by atoms with Crippen LogP contribution in [0, 0.1) is 0 Å². The number of benzene rings is 2. The summed E-state index contributed by atoms with van der Waals surface area (Å²) in [7, 11) is 3.09. The summed E-state index contributed by atoms with van der Waals surface area (Å²) in [5.41, 5.74) is 2.22. The Morgan fingerprint density at radius 2 is 1.22 bits per heavy atom. The average molecular weight is 317 g/mol. The summed E-state index contributed by atoms with van der Waals surface area (Å²) >= 11 is 0. The Hall–Kier alpha value is -2.40. The molecule has 0 heterocycles. The zero-order valence-electron chi connectivity index (χ0n) is 13.5. The molecule has 0 saturated heterocycles. The smallest absolute Gasteiger partial charge is 0.160 e. The van der Waals surface area contributed by atoms with Crippen LogP contribution in [0.4, 0.5) is 0 Å². The van der Waals surface area contributed by atoms with E-state index in [1.807, 2.05) is 24.3 Å². The van der Waals surface area contributed by atoms with E-state index in [9.17, 15) is 10.2 Å². The van der Waals surface area contributed by atoms with Gasteiger partial charge >= 0.3 is 0 Å². The van der Waals surface area contributed by atoms with Crippen LogP contribution in [0.25, 0.3) is 0 Å². The van der Waals surface area contributed by atoms with Crippen molar-refractivity contribution in [1.82, 2.24) is 5.32 Å². The first kappa shape index (κ1) is 17.0. The van der Waals surface area contributed by atoms with Gasteiger partial charge in [0.1, 0.15) is 0 Å². The van der Waals surface area contributed by atoms with E-state index in [4.69, 9.17) is 9.47 Å². The molecule has 5 nitrogen and oxygen atoms in total. The van der Waals surface area contributed by atoms with Crippen LogP contribution in [0.1, 0.15) is 11.1 Å². The van der Waals surface area contributed by atoms with E-state index in [1.54, 1.807) is 26.4 Å². The summed E-state index contributed by atoms with van der Waals surface area (Å²) < 4.78 is 10.2. The number of nitrogens with one attached hydrogen (secondary N) is 1. The van der Waals surface area contributed by atoms with Crippen molar-refractivity contribution in [2.45, 2.75) is 12.8 Å². The van der Waals surface area contributed by atoms with Crippen molar-refractivity contribution in [3.05, 3.63) is 47.5 Å². The fraction of sp³-hybridized carbons (Fsp3) is 0.333. The van der Waals surface area contributed by atoms with Crippen molar-refractivity contribution in [3.8, 4) is 23.0 Å². The first-order chi connectivity index (χ1) is 11.1. The van der Waals surface area contributed by atoms with Gasteiger partial charge in [-0.2, -0.15) is 0 Å². The predicted octanol–water partition coefficient (Wildman–Crippen LogP) is 2.49. The molecule has 23 heavy (non-hydrogen) atoms. The molecule has 0 aliphatic rings. The van der Waals surface area contributed by atoms with Gasteiger partial charge in [-0.1, -0.05) is 12.1 Å². The van der Waals surface area contributed by atoms with Gasteiger partial charge in [-0.25, -0.2) is 0 Å². The second kappa shape index (κ2) is 8.29. The molecule has 0 amide bonds. The van der Waals surface area contributed by atoms with Gasteiger partial charge in [0.2, 0.25) is 0 Å². The first-order valence-electron chi connectivity index (χ1n) is 7.56. The minimum Gasteiger partial charge on any atom is -0.504 e. The van der Waals surface area contributed by atoms with Gasteiger partial charge in [-0.05, 0) is 61.3 Å². The van der Waals surface area contributed by atoms with E-state index in [-0.39, 0.29) is 11.5 Å². The Bertz CT molecular complexity index is 587. The highest BCUT2D eigenvalue weighted by Crippen LogP contribution is 2.27. The highest BCUT2D eigenvalue weighted by atomic mass is 16.5. The maximum absolute atomic E-state index is 9.56. The summed E-state index contributed by atoms with van der Waals surface area (Å²) in [5, 5.41) is 22.5. The van der Waals surface area contributed by atoms with Crippen LogP contribution < -0.4 is 14.8 Å². The standard InChI is InChI=1S/C18H23NO4/c1-22-17-11-13(3-5-15(17)20)7-9-19-10-8-14-4-6-16(21)18(12-14)23-2/h3-6,11-12,19-21H,7-10H2,1-2H3. The lowest BCUT2D eigenvalue weighted by molar-refractivity contribution is 0.373. The molecule has 0 fully saturated rings. The fourth-order valence-electron chi connectivity index (χ4n) is 2.35. The Balaban J connectivity index is 1.75. The zero-order chi connectivity index (χ0) is 16.7. The molecule has 0 saturated carbocycles. The first-order valence-corrected chi connectivity index (χ1v) is 7.56. The molecule has 3 N–H and O–H groups in total. The largest absolute Gasteiger partial charge is 0.504 e. The summed E-state index contributed by atoms with van der Waals surface area (Å²) in [4.78, 5) is 0. The van der Waals surface area contributed by atoms with Crippen molar-refractivity contribution < 1.29 is 19.7 Å². The molecule has 0 aliphatic carbocycles. The van der Waals surface area contributed by atoms with Crippen LogP contribution in [0.15, 0.2) is 36.4 Å². The summed E-state index contributed by atoms with van der Waals surface area (Å²) in [5.74, 6) is 1.31. The normalized spacial score (nSPS) is 10.5. The van der Waals surface area contributed by atoms with E-state index in [1.165, 1.54) is 0 Å². The van der Waals surface area contributed by atoms with Crippen molar-refractivity contribution in [2.75, 3.05) is 27.3 Å². The molecule has 0 atom stereocenters. The predicted molar refractivity (Wildman–Crippen MR) is 89.6 cm³/mol. The lowest BCUT2D eigenvalue weighted by Gasteiger charge is -2.09. The summed E-state index contributed by atoms with van der Waals surface area (Å²) in [6.45, 7) is 1.67. The number of phenols is 2. The molecule has 2 rings (SSSR count). The van der Waals surface area contributed by atoms with Crippen LogP contribution in [0.3, 0.4) is 0 Å². The fourth-order valence-corrected chi connectivity index (χ4v) is 2.35. The van der Waals surface area contributed by atoms with E-state index in [2.05, 4.69) is 5.32 Å². The van der Waals surface area contributed by atoms with Crippen molar-refractivity contribution in [1.29, 1.82) is 0 Å². The van der Waals surface area contributed by atoms with Crippen molar-refractivity contribution in [3.63, 3.8) is 0 Å². The van der Waals surface area contributed by atoms with Crippen LogP contribution in [-0.4, -0.2) is 37.5 Å². The van der Waals surface area contributed by atoms with Gasteiger partial charge in [0.15, 0.2) is 23.0 Å². The molecule has 0 aliphatic heterocycles. The van der Waals surface area contributed by atoms with Gasteiger partial charge in [0.25, 0.3) is 0 Å². The molecule has 124 valence electrons. The summed E-state index contributed by atoms with van der Waals surface area (Å²) in [6, 6.07) is 10.8. The lowest BCUT2D eigenvalue weighted by atomic mass is 10.1. The monoisotopic (exact) mass is 317 g/mol. The Kier molecular flexibility index (Phi) is 6.11. The number of aromatic hydroxyl groups is 2. The van der Waals surface area contributed by atoms with Gasteiger partial charge in [-0.15, -0.1) is 0 Å². The number of hydrogen-bond acceptors (Lipinski definition) is 5. The maximum Gasteiger partial charge on any atom is 0.160 e. The van der Waals surface area contributed by atoms with E-state index in [0.717, 1.165) is 37.1 Å². The molecule has 0 aromatic heterocycles. The molecule has 2 aromatic rings. The van der Waals surface area contributed by atoms with Crippen LogP contribution in [0.2, 0.25) is 0 Å². The molecule has 2 aromatic carbocycles. The minimum absolute atomic E-state index is 0.158. The Morgan fingerprint density at radius 1 is 0.783 bits per heavy atom. The lowest BCUT2D eigenvalue weighted by Crippen LogP contribution is -2.20. The number of rotatable bonds is 8. The second-order valence-corrected chi connectivity index (χ2v) is 5.26. The SMILES string of the molecule is COc1cc(CCNCCc2ccc(O)c(OC)c2)ccc1O. The Morgan fingerprint density at radius 3 is 1.61 bits per heavy atom. The highest BCUT2D eigenvalue weighted by Gasteiger charge is 2.04. The number of methoxy groups -OCH3 is 2. The number of ether oxygens (including phenoxy) is 2. The molecule has 0 radical (unpaired) electrons. The number of phenolic OH excluding ortho intramolecular Hbond substituents is 2. The van der Waals surface area contributed by atoms with Crippen molar-refractivity contribution >= 4 is 0 Å². The quantitative estimate of drug-likeness (QED) is 0.653. The topological polar surface area (TPSA) is 71.0 Å². The third kappa shape index (κ3) is 4.79. The van der Waals surface area contributed by atoms with Crippen LogP contribution in [0.5, 0.6) is 23.0 Å². The molecule has 0 unspecified atom stereocenters. The van der Waals surface area contributed by atoms with Gasteiger partial charge in [0, 0.05) is 0 Å². The summed E-state index contributed by atoms with van der Waals surface area (Å²) in [6.07, 6.45) is 1.71. The maximum atomic E-state index is 9.56. The van der Waals surface area contributed by atoms with E-state index >= 15 is 0 Å². The molecule has 0 spiro atoms. The van der Waals surface area contributed by atoms with Crippen molar-refractivity contribution in [2.24, 2.45) is 0 Å². The average Bonchev–Trinajstić information content (AvgIpc) is 2.57. The molecular weight excluding hydrogens is 294 g/mol.